The van der Waals surface area contributed by atoms with Crippen LogP contribution in [0.5, 0.6) is 0 Å². The van der Waals surface area contributed by atoms with Gasteiger partial charge in [-0.3, -0.25) is 0 Å². The number of carbonyl (C=O) groups is 2. The number of ether oxygens (including phenoxy) is 4. The molecular weight excluding hydrogens is 204 g/mol. The van der Waals surface area contributed by atoms with E-state index in [0.29, 0.717) is 5.76 Å². The lowest BCUT2D eigenvalue weighted by Crippen LogP contribution is -2.18. The number of carbonyl (C=O) groups excluding carboxylic acids is 2. The molecule has 0 saturated carbocycles. The van der Waals surface area contributed by atoms with E-state index in [-0.39, 0.29) is 0 Å². The monoisotopic (exact) mass is 214 g/mol. The van der Waals surface area contributed by atoms with Crippen LogP contribution in [0.25, 0.3) is 0 Å². The maximum absolute atomic E-state index is 10.8. The van der Waals surface area contributed by atoms with E-state index >= 15 is 0 Å². The summed E-state index contributed by atoms with van der Waals surface area (Å²) >= 11 is 0. The van der Waals surface area contributed by atoms with Crippen molar-refractivity contribution < 1.29 is 28.5 Å². The molecule has 0 radical (unpaired) electrons. The lowest BCUT2D eigenvalue weighted by molar-refractivity contribution is 0.119. The molecule has 0 aromatic rings. The highest BCUT2D eigenvalue weighted by Crippen LogP contribution is 2.23. The summed E-state index contributed by atoms with van der Waals surface area (Å²) in [5.74, 6) is 0.343. The molecule has 0 aliphatic carbocycles. The van der Waals surface area contributed by atoms with Crippen molar-refractivity contribution in [2.24, 2.45) is 0 Å². The Kier molecular flexibility index (Phi) is 2.26. The van der Waals surface area contributed by atoms with E-state index < -0.39 is 30.6 Å². The predicted molar refractivity (Wildman–Crippen MR) is 45.9 cm³/mol. The van der Waals surface area contributed by atoms with Crippen molar-refractivity contribution in [2.75, 3.05) is 0 Å². The summed E-state index contributed by atoms with van der Waals surface area (Å²) in [4.78, 5) is 21.5. The highest BCUT2D eigenvalue weighted by molar-refractivity contribution is 5.65. The van der Waals surface area contributed by atoms with Crippen molar-refractivity contribution in [3.05, 3.63) is 11.8 Å². The molecule has 0 bridgehead atoms. The van der Waals surface area contributed by atoms with E-state index in [2.05, 4.69) is 0 Å². The van der Waals surface area contributed by atoms with Gasteiger partial charge in [0.05, 0.1) is 0 Å². The SMILES string of the molecule is CC1OC(=O)O/C1=C\C1OC(=O)OC1C. The van der Waals surface area contributed by atoms with Crippen LogP contribution in [-0.2, 0) is 18.9 Å². The van der Waals surface area contributed by atoms with Crippen LogP contribution in [0, 0.1) is 0 Å². The molecule has 0 aromatic carbocycles. The molecule has 6 heteroatoms. The fraction of sp³-hybridized carbons (Fsp3) is 0.556. The first-order chi connectivity index (χ1) is 7.06. The van der Waals surface area contributed by atoms with Crippen molar-refractivity contribution >= 4 is 12.3 Å². The zero-order chi connectivity index (χ0) is 11.0. The minimum atomic E-state index is -0.744. The highest BCUT2D eigenvalue weighted by atomic mass is 16.8. The van der Waals surface area contributed by atoms with Crippen LogP contribution in [0.3, 0.4) is 0 Å². The molecule has 0 aromatic heterocycles. The Morgan fingerprint density at radius 1 is 1.07 bits per heavy atom. The Balaban J connectivity index is 2.10. The van der Waals surface area contributed by atoms with E-state index in [1.807, 2.05) is 0 Å². The van der Waals surface area contributed by atoms with Crippen LogP contribution < -0.4 is 0 Å². The van der Waals surface area contributed by atoms with Crippen molar-refractivity contribution in [1.82, 2.24) is 0 Å². The van der Waals surface area contributed by atoms with Crippen LogP contribution in [0.1, 0.15) is 13.8 Å². The third-order valence-electron chi connectivity index (χ3n) is 2.18. The molecule has 0 N–H and O–H groups in total. The van der Waals surface area contributed by atoms with Gasteiger partial charge in [-0.1, -0.05) is 0 Å². The van der Waals surface area contributed by atoms with Gasteiger partial charge in [-0.05, 0) is 13.8 Å². The summed E-state index contributed by atoms with van der Waals surface area (Å²) in [6, 6.07) is 0. The van der Waals surface area contributed by atoms with Gasteiger partial charge in [-0.15, -0.1) is 0 Å². The van der Waals surface area contributed by atoms with Gasteiger partial charge in [-0.2, -0.15) is 0 Å². The average molecular weight is 214 g/mol. The second-order valence-corrected chi connectivity index (χ2v) is 3.34. The van der Waals surface area contributed by atoms with Gasteiger partial charge in [0.1, 0.15) is 6.10 Å². The predicted octanol–water partition coefficient (Wildman–Crippen LogP) is 1.35. The number of rotatable bonds is 1. The maximum atomic E-state index is 10.8. The third kappa shape index (κ3) is 1.88. The van der Waals surface area contributed by atoms with Gasteiger partial charge in [0.2, 0.25) is 0 Å². The van der Waals surface area contributed by atoms with Crippen LogP contribution >= 0.6 is 0 Å². The summed E-state index contributed by atoms with van der Waals surface area (Å²) in [7, 11) is 0. The fourth-order valence-electron chi connectivity index (χ4n) is 1.36. The molecule has 2 saturated heterocycles. The number of hydrogen-bond acceptors (Lipinski definition) is 6. The third-order valence-corrected chi connectivity index (χ3v) is 2.18. The molecule has 2 heterocycles. The van der Waals surface area contributed by atoms with Gasteiger partial charge in [-0.25, -0.2) is 9.59 Å². The Hall–Kier alpha value is -1.72. The van der Waals surface area contributed by atoms with E-state index in [9.17, 15) is 9.59 Å². The van der Waals surface area contributed by atoms with Crippen molar-refractivity contribution in [3.63, 3.8) is 0 Å². The Bertz CT molecular complexity index is 333. The molecule has 82 valence electrons. The fourth-order valence-corrected chi connectivity index (χ4v) is 1.36. The molecule has 3 unspecified atom stereocenters. The van der Waals surface area contributed by atoms with Crippen molar-refractivity contribution in [2.45, 2.75) is 32.2 Å². The Labute approximate surface area is 85.7 Å². The minimum Gasteiger partial charge on any atom is -0.427 e. The maximum Gasteiger partial charge on any atom is 0.514 e. The first kappa shape index (κ1) is 9.82. The van der Waals surface area contributed by atoms with Crippen molar-refractivity contribution in [1.29, 1.82) is 0 Å². The lowest BCUT2D eigenvalue weighted by Gasteiger charge is -2.07. The van der Waals surface area contributed by atoms with Crippen LogP contribution in [-0.4, -0.2) is 30.6 Å². The molecule has 15 heavy (non-hydrogen) atoms. The number of cyclic esters (lactones) is 4. The second kappa shape index (κ2) is 3.45. The Morgan fingerprint density at radius 3 is 2.27 bits per heavy atom. The van der Waals surface area contributed by atoms with E-state index in [1.165, 1.54) is 6.08 Å². The molecule has 0 amide bonds. The summed E-state index contributed by atoms with van der Waals surface area (Å²) in [5, 5.41) is 0. The molecule has 6 nitrogen and oxygen atoms in total. The molecule has 2 aliphatic heterocycles. The van der Waals surface area contributed by atoms with Gasteiger partial charge in [0.25, 0.3) is 0 Å². The first-order valence-corrected chi connectivity index (χ1v) is 4.53. The zero-order valence-electron chi connectivity index (χ0n) is 8.26. The van der Waals surface area contributed by atoms with E-state index in [4.69, 9.17) is 18.9 Å². The average Bonchev–Trinajstić information content (AvgIpc) is 2.58. The molecule has 2 fully saturated rings. The smallest absolute Gasteiger partial charge is 0.427 e. The van der Waals surface area contributed by atoms with Crippen LogP contribution in [0.15, 0.2) is 11.8 Å². The topological polar surface area (TPSA) is 71.1 Å². The summed E-state index contributed by atoms with van der Waals surface area (Å²) in [6.45, 7) is 3.36. The normalized spacial score (nSPS) is 37.2. The standard InChI is InChI=1S/C9H10O6/c1-4-6(14-8(10)12-4)3-7-5(2)13-9(11)15-7/h3-6H,1-2H3/b7-3-. The summed E-state index contributed by atoms with van der Waals surface area (Å²) in [5.41, 5.74) is 0. The highest BCUT2D eigenvalue weighted by Gasteiger charge is 2.35. The minimum absolute atomic E-state index is 0.343. The lowest BCUT2D eigenvalue weighted by atomic mass is 10.2. The molecular formula is C9H10O6. The largest absolute Gasteiger partial charge is 0.514 e. The zero-order valence-corrected chi connectivity index (χ0v) is 8.26. The summed E-state index contributed by atoms with van der Waals surface area (Å²) in [6.07, 6.45) is -1.33. The first-order valence-electron chi connectivity index (χ1n) is 4.53. The van der Waals surface area contributed by atoms with Gasteiger partial charge < -0.3 is 18.9 Å². The van der Waals surface area contributed by atoms with Gasteiger partial charge in [0, 0.05) is 6.08 Å². The van der Waals surface area contributed by atoms with Gasteiger partial charge >= 0.3 is 12.3 Å². The van der Waals surface area contributed by atoms with E-state index in [0.717, 1.165) is 0 Å². The molecule has 0 spiro atoms. The van der Waals surface area contributed by atoms with Crippen LogP contribution in [0.4, 0.5) is 9.59 Å². The number of hydrogen-bond donors (Lipinski definition) is 0. The van der Waals surface area contributed by atoms with Crippen LogP contribution in [0.2, 0.25) is 0 Å². The quantitative estimate of drug-likeness (QED) is 0.613. The Morgan fingerprint density at radius 2 is 1.80 bits per heavy atom. The summed E-state index contributed by atoms with van der Waals surface area (Å²) < 4.78 is 19.1. The van der Waals surface area contributed by atoms with Gasteiger partial charge in [0.15, 0.2) is 18.0 Å². The van der Waals surface area contributed by atoms with Crippen molar-refractivity contribution in [3.8, 4) is 0 Å². The molecule has 2 aliphatic rings. The molecule has 3 atom stereocenters. The second-order valence-electron chi connectivity index (χ2n) is 3.34. The molecule has 2 rings (SSSR count). The van der Waals surface area contributed by atoms with E-state index in [1.54, 1.807) is 13.8 Å².